The van der Waals surface area contributed by atoms with Crippen molar-refractivity contribution in [1.29, 1.82) is 0 Å². The second kappa shape index (κ2) is 6.47. The molecule has 0 aliphatic carbocycles. The van der Waals surface area contributed by atoms with E-state index in [9.17, 15) is 0 Å². The number of hydrogen-bond acceptors (Lipinski definition) is 3. The van der Waals surface area contributed by atoms with Crippen molar-refractivity contribution in [3.05, 3.63) is 53.4 Å². The summed E-state index contributed by atoms with van der Waals surface area (Å²) in [5.74, 6) is 0.811. The molecule has 0 saturated heterocycles. The van der Waals surface area contributed by atoms with Crippen LogP contribution >= 0.6 is 11.6 Å². The standard InChI is InChI=1S/C14H16ClNO2/c1-2-16-14(11-7-8-17-9-11)10-18-13-5-3-12(15)4-6-13/h3-9,14,16H,2,10H2,1H3. The summed E-state index contributed by atoms with van der Waals surface area (Å²) in [5.41, 5.74) is 1.09. The van der Waals surface area contributed by atoms with Gasteiger partial charge in [0.1, 0.15) is 12.4 Å². The van der Waals surface area contributed by atoms with Crippen LogP contribution in [0.4, 0.5) is 0 Å². The van der Waals surface area contributed by atoms with Crippen LogP contribution in [-0.4, -0.2) is 13.2 Å². The third-order valence-corrected chi connectivity index (χ3v) is 2.88. The Morgan fingerprint density at radius 3 is 2.67 bits per heavy atom. The molecule has 1 unspecified atom stereocenters. The fraction of sp³-hybridized carbons (Fsp3) is 0.286. The van der Waals surface area contributed by atoms with Crippen molar-refractivity contribution in [2.45, 2.75) is 13.0 Å². The molecule has 0 radical (unpaired) electrons. The van der Waals surface area contributed by atoms with Gasteiger partial charge in [-0.15, -0.1) is 0 Å². The van der Waals surface area contributed by atoms with E-state index in [0.29, 0.717) is 11.6 Å². The first-order valence-electron chi connectivity index (χ1n) is 5.93. The van der Waals surface area contributed by atoms with Crippen LogP contribution in [0.15, 0.2) is 47.3 Å². The second-order valence-corrected chi connectivity index (χ2v) is 4.37. The van der Waals surface area contributed by atoms with Gasteiger partial charge in [0.25, 0.3) is 0 Å². The Morgan fingerprint density at radius 2 is 2.06 bits per heavy atom. The van der Waals surface area contributed by atoms with E-state index in [2.05, 4.69) is 12.2 Å². The summed E-state index contributed by atoms with van der Waals surface area (Å²) in [6.07, 6.45) is 3.40. The number of ether oxygens (including phenoxy) is 1. The fourth-order valence-electron chi connectivity index (χ4n) is 1.70. The first-order valence-corrected chi connectivity index (χ1v) is 6.31. The van der Waals surface area contributed by atoms with E-state index in [-0.39, 0.29) is 6.04 Å². The molecule has 1 aromatic carbocycles. The van der Waals surface area contributed by atoms with Gasteiger partial charge in [-0.1, -0.05) is 18.5 Å². The van der Waals surface area contributed by atoms with E-state index in [1.165, 1.54) is 0 Å². The molecular formula is C14H16ClNO2. The van der Waals surface area contributed by atoms with Crippen LogP contribution in [0, 0.1) is 0 Å². The fourth-order valence-corrected chi connectivity index (χ4v) is 1.83. The minimum atomic E-state index is 0.129. The lowest BCUT2D eigenvalue weighted by molar-refractivity contribution is 0.267. The summed E-state index contributed by atoms with van der Waals surface area (Å²) >= 11 is 5.83. The molecule has 0 aliphatic heterocycles. The Bertz CT molecular complexity index is 453. The summed E-state index contributed by atoms with van der Waals surface area (Å²) in [5, 5.41) is 4.06. The molecule has 0 saturated carbocycles. The smallest absolute Gasteiger partial charge is 0.119 e. The number of hydrogen-bond donors (Lipinski definition) is 1. The van der Waals surface area contributed by atoms with Crippen molar-refractivity contribution >= 4 is 11.6 Å². The van der Waals surface area contributed by atoms with Crippen LogP contribution in [0.25, 0.3) is 0 Å². The lowest BCUT2D eigenvalue weighted by Gasteiger charge is -2.17. The van der Waals surface area contributed by atoms with Crippen LogP contribution in [0.3, 0.4) is 0 Å². The van der Waals surface area contributed by atoms with E-state index in [4.69, 9.17) is 20.8 Å². The van der Waals surface area contributed by atoms with E-state index in [0.717, 1.165) is 17.9 Å². The minimum absolute atomic E-state index is 0.129. The van der Waals surface area contributed by atoms with Crippen LogP contribution < -0.4 is 10.1 Å². The predicted octanol–water partition coefficient (Wildman–Crippen LogP) is 3.66. The number of halogens is 1. The maximum Gasteiger partial charge on any atom is 0.119 e. The molecule has 0 fully saturated rings. The molecule has 96 valence electrons. The van der Waals surface area contributed by atoms with Crippen LogP contribution in [0.2, 0.25) is 5.02 Å². The number of benzene rings is 1. The molecular weight excluding hydrogens is 250 g/mol. The van der Waals surface area contributed by atoms with Crippen molar-refractivity contribution in [2.24, 2.45) is 0 Å². The largest absolute Gasteiger partial charge is 0.492 e. The van der Waals surface area contributed by atoms with Gasteiger partial charge in [0.05, 0.1) is 18.6 Å². The lowest BCUT2D eigenvalue weighted by Crippen LogP contribution is -2.26. The third kappa shape index (κ3) is 3.52. The average Bonchev–Trinajstić information content (AvgIpc) is 2.90. The first kappa shape index (κ1) is 13.0. The monoisotopic (exact) mass is 265 g/mol. The molecule has 1 heterocycles. The highest BCUT2D eigenvalue weighted by Crippen LogP contribution is 2.19. The maximum atomic E-state index is 5.83. The molecule has 2 aromatic rings. The Labute approximate surface area is 112 Å². The summed E-state index contributed by atoms with van der Waals surface area (Å²) in [6.45, 7) is 3.49. The number of furan rings is 1. The van der Waals surface area contributed by atoms with E-state index in [1.54, 1.807) is 12.5 Å². The molecule has 1 aromatic heterocycles. The van der Waals surface area contributed by atoms with Gasteiger partial charge in [0.15, 0.2) is 0 Å². The van der Waals surface area contributed by atoms with Crippen molar-refractivity contribution in [1.82, 2.24) is 5.32 Å². The van der Waals surface area contributed by atoms with Crippen molar-refractivity contribution < 1.29 is 9.15 Å². The summed E-state index contributed by atoms with van der Waals surface area (Å²) in [4.78, 5) is 0. The summed E-state index contributed by atoms with van der Waals surface area (Å²) < 4.78 is 10.8. The second-order valence-electron chi connectivity index (χ2n) is 3.93. The normalized spacial score (nSPS) is 12.3. The Balaban J connectivity index is 1.95. The Morgan fingerprint density at radius 1 is 1.28 bits per heavy atom. The highest BCUT2D eigenvalue weighted by molar-refractivity contribution is 6.30. The quantitative estimate of drug-likeness (QED) is 0.866. The number of nitrogens with one attached hydrogen (secondary N) is 1. The zero-order chi connectivity index (χ0) is 12.8. The summed E-state index contributed by atoms with van der Waals surface area (Å²) in [6, 6.07) is 9.43. The van der Waals surface area contributed by atoms with Gasteiger partial charge in [-0.2, -0.15) is 0 Å². The van der Waals surface area contributed by atoms with E-state index >= 15 is 0 Å². The van der Waals surface area contributed by atoms with Crippen molar-refractivity contribution in [3.8, 4) is 5.75 Å². The SMILES string of the molecule is CCNC(COc1ccc(Cl)cc1)c1ccoc1. The van der Waals surface area contributed by atoms with Crippen molar-refractivity contribution in [2.75, 3.05) is 13.2 Å². The van der Waals surface area contributed by atoms with Crippen molar-refractivity contribution in [3.63, 3.8) is 0 Å². The van der Waals surface area contributed by atoms with Crippen LogP contribution in [0.1, 0.15) is 18.5 Å². The highest BCUT2D eigenvalue weighted by atomic mass is 35.5. The average molecular weight is 266 g/mol. The van der Waals surface area contributed by atoms with E-state index < -0.39 is 0 Å². The molecule has 1 atom stereocenters. The maximum absolute atomic E-state index is 5.83. The Kier molecular flexibility index (Phi) is 4.67. The first-order chi connectivity index (χ1) is 8.79. The van der Waals surface area contributed by atoms with Gasteiger partial charge >= 0.3 is 0 Å². The molecule has 0 bridgehead atoms. The molecule has 0 aliphatic rings. The molecule has 0 spiro atoms. The highest BCUT2D eigenvalue weighted by Gasteiger charge is 2.12. The predicted molar refractivity (Wildman–Crippen MR) is 72.1 cm³/mol. The minimum Gasteiger partial charge on any atom is -0.492 e. The summed E-state index contributed by atoms with van der Waals surface area (Å²) in [7, 11) is 0. The van der Waals surface area contributed by atoms with Gasteiger partial charge < -0.3 is 14.5 Å². The number of rotatable bonds is 6. The topological polar surface area (TPSA) is 34.4 Å². The number of likely N-dealkylation sites (N-methyl/N-ethyl adjacent to an activating group) is 1. The Hall–Kier alpha value is -1.45. The van der Waals surface area contributed by atoms with Crippen LogP contribution in [0.5, 0.6) is 5.75 Å². The van der Waals surface area contributed by atoms with Gasteiger partial charge in [-0.05, 0) is 36.9 Å². The van der Waals surface area contributed by atoms with Gasteiger partial charge in [-0.3, -0.25) is 0 Å². The molecule has 1 N–H and O–H groups in total. The zero-order valence-electron chi connectivity index (χ0n) is 10.2. The third-order valence-electron chi connectivity index (χ3n) is 2.63. The molecule has 4 heteroatoms. The van der Waals surface area contributed by atoms with Gasteiger partial charge in [-0.25, -0.2) is 0 Å². The molecule has 18 heavy (non-hydrogen) atoms. The molecule has 0 amide bonds. The van der Waals surface area contributed by atoms with Gasteiger partial charge in [0.2, 0.25) is 0 Å². The van der Waals surface area contributed by atoms with E-state index in [1.807, 2.05) is 30.3 Å². The molecule has 2 rings (SSSR count). The lowest BCUT2D eigenvalue weighted by atomic mass is 10.1. The van der Waals surface area contributed by atoms with Gasteiger partial charge in [0, 0.05) is 10.6 Å². The zero-order valence-corrected chi connectivity index (χ0v) is 11.0. The van der Waals surface area contributed by atoms with Crippen LogP contribution in [-0.2, 0) is 0 Å². The molecule has 3 nitrogen and oxygen atoms in total.